The molecule has 1 aromatic rings. The van der Waals surface area contributed by atoms with Crippen molar-refractivity contribution in [2.45, 2.75) is 18.2 Å². The molecule has 0 saturated heterocycles. The highest BCUT2D eigenvalue weighted by Gasteiger charge is 2.23. The predicted molar refractivity (Wildman–Crippen MR) is 66.6 cm³/mol. The molecule has 0 saturated carbocycles. The molecule has 0 atom stereocenters. The summed E-state index contributed by atoms with van der Waals surface area (Å²) in [6.45, 7) is 3.34. The fourth-order valence-electron chi connectivity index (χ4n) is 1.07. The van der Waals surface area contributed by atoms with Crippen molar-refractivity contribution in [3.8, 4) is 0 Å². The maximum Gasteiger partial charge on any atom is 0.251 e. The zero-order valence-corrected chi connectivity index (χ0v) is 11.0. The topological polar surface area (TPSA) is 72.2 Å². The Kier molecular flexibility index (Phi) is 3.87. The van der Waals surface area contributed by atoms with Gasteiger partial charge in [-0.05, 0) is 32.0 Å². The van der Waals surface area contributed by atoms with Crippen molar-refractivity contribution in [3.05, 3.63) is 29.6 Å². The van der Waals surface area contributed by atoms with Gasteiger partial charge in [-0.1, -0.05) is 15.9 Å². The van der Waals surface area contributed by atoms with Gasteiger partial charge >= 0.3 is 0 Å². The number of halogens is 2. The van der Waals surface area contributed by atoms with Crippen molar-refractivity contribution in [1.82, 2.24) is 0 Å². The van der Waals surface area contributed by atoms with E-state index in [2.05, 4.69) is 21.2 Å². The lowest BCUT2D eigenvalue weighted by Crippen LogP contribution is -2.31. The molecular weight excluding hydrogens is 291 g/mol. The molecule has 6 heteroatoms. The van der Waals surface area contributed by atoms with Crippen LogP contribution in [0.15, 0.2) is 18.2 Å². The highest BCUT2D eigenvalue weighted by Crippen LogP contribution is 2.20. The Morgan fingerprint density at radius 2 is 2.00 bits per heavy atom. The van der Waals surface area contributed by atoms with Crippen LogP contribution in [0.25, 0.3) is 0 Å². The molecule has 0 spiro atoms. The van der Waals surface area contributed by atoms with Gasteiger partial charge in [-0.15, -0.1) is 0 Å². The summed E-state index contributed by atoms with van der Waals surface area (Å²) < 4.78 is 12.4. The molecule has 0 aromatic heterocycles. The molecule has 2 amide bonds. The summed E-state index contributed by atoms with van der Waals surface area (Å²) >= 11 is 3.19. The van der Waals surface area contributed by atoms with Crippen LogP contribution in [0.1, 0.15) is 24.2 Å². The highest BCUT2D eigenvalue weighted by molar-refractivity contribution is 9.10. The second kappa shape index (κ2) is 4.83. The van der Waals surface area contributed by atoms with Crippen molar-refractivity contribution in [2.75, 3.05) is 5.32 Å². The number of alkyl halides is 1. The molecule has 0 aliphatic rings. The molecule has 0 bridgehead atoms. The Balaban J connectivity index is 2.98. The smallest absolute Gasteiger partial charge is 0.251 e. The lowest BCUT2D eigenvalue weighted by Gasteiger charge is -2.16. The minimum Gasteiger partial charge on any atom is -0.366 e. The molecule has 17 heavy (non-hydrogen) atoms. The molecule has 0 unspecified atom stereocenters. The Hall–Kier alpha value is -1.43. The van der Waals surface area contributed by atoms with Crippen LogP contribution in [0.3, 0.4) is 0 Å². The fourth-order valence-corrected chi connectivity index (χ4v) is 1.17. The quantitative estimate of drug-likeness (QED) is 0.839. The maximum absolute atomic E-state index is 13.2. The molecule has 4 nitrogen and oxygen atoms in total. The molecule has 0 fully saturated rings. The number of anilines is 1. The zero-order chi connectivity index (χ0) is 13.2. The second-order valence-corrected chi connectivity index (χ2v) is 5.97. The van der Waals surface area contributed by atoms with Crippen LogP contribution in [0.5, 0.6) is 0 Å². The molecule has 0 heterocycles. The second-order valence-electron chi connectivity index (χ2n) is 3.99. The van der Waals surface area contributed by atoms with Crippen molar-refractivity contribution in [3.63, 3.8) is 0 Å². The fraction of sp³-hybridized carbons (Fsp3) is 0.273. The number of hydrogen-bond acceptors (Lipinski definition) is 2. The number of carbonyl (C=O) groups excluding carboxylic acids is 2. The minimum absolute atomic E-state index is 0.254. The molecule has 0 aliphatic heterocycles. The number of amides is 2. The number of rotatable bonds is 3. The van der Waals surface area contributed by atoms with Gasteiger partial charge in [0.1, 0.15) is 5.82 Å². The molecule has 1 rings (SSSR count). The van der Waals surface area contributed by atoms with E-state index in [4.69, 9.17) is 5.73 Å². The number of nitrogens with two attached hydrogens (primary N) is 1. The molecule has 3 N–H and O–H groups in total. The number of carbonyl (C=O) groups is 2. The lowest BCUT2D eigenvalue weighted by molar-refractivity contribution is -0.117. The molecule has 0 aliphatic carbocycles. The SMILES string of the molecule is CC(C)(Br)C(=O)Nc1ccc(F)c(C(N)=O)c1. The van der Waals surface area contributed by atoms with Crippen LogP contribution >= 0.6 is 15.9 Å². The van der Waals surface area contributed by atoms with Crippen LogP contribution < -0.4 is 11.1 Å². The van der Waals surface area contributed by atoms with Crippen LogP contribution in [-0.4, -0.2) is 16.1 Å². The first-order chi connectivity index (χ1) is 7.71. The summed E-state index contributed by atoms with van der Waals surface area (Å²) in [7, 11) is 0. The van der Waals surface area contributed by atoms with Gasteiger partial charge in [0, 0.05) is 5.69 Å². The van der Waals surface area contributed by atoms with E-state index in [9.17, 15) is 14.0 Å². The zero-order valence-electron chi connectivity index (χ0n) is 9.38. The first kappa shape index (κ1) is 13.6. The van der Waals surface area contributed by atoms with Gasteiger partial charge in [-0.3, -0.25) is 9.59 Å². The Labute approximate surface area is 107 Å². The van der Waals surface area contributed by atoms with Crippen molar-refractivity contribution < 1.29 is 14.0 Å². The number of primary amides is 1. The normalized spacial score (nSPS) is 11.1. The van der Waals surface area contributed by atoms with E-state index in [0.29, 0.717) is 5.69 Å². The Morgan fingerprint density at radius 3 is 2.47 bits per heavy atom. The summed E-state index contributed by atoms with van der Waals surface area (Å²) in [5, 5.41) is 2.54. The lowest BCUT2D eigenvalue weighted by atomic mass is 10.1. The number of nitrogens with one attached hydrogen (secondary N) is 1. The molecule has 92 valence electrons. The number of hydrogen-bond donors (Lipinski definition) is 2. The van der Waals surface area contributed by atoms with Crippen LogP contribution in [0.2, 0.25) is 0 Å². The average Bonchev–Trinajstić information content (AvgIpc) is 2.19. The minimum atomic E-state index is -0.878. The van der Waals surface area contributed by atoms with Crippen LogP contribution in [0, 0.1) is 5.82 Å². The van der Waals surface area contributed by atoms with E-state index in [1.165, 1.54) is 12.1 Å². The van der Waals surface area contributed by atoms with Gasteiger partial charge in [0.05, 0.1) is 9.89 Å². The summed E-state index contributed by atoms with van der Waals surface area (Å²) in [4.78, 5) is 22.5. The first-order valence-corrected chi connectivity index (χ1v) is 5.61. The Bertz CT molecular complexity index is 469. The summed E-state index contributed by atoms with van der Waals surface area (Å²) in [5.41, 5.74) is 5.06. The molecular formula is C11H12BrFN2O2. The van der Waals surface area contributed by atoms with E-state index in [0.717, 1.165) is 6.07 Å². The summed E-state index contributed by atoms with van der Waals surface area (Å²) in [5.74, 6) is -1.90. The first-order valence-electron chi connectivity index (χ1n) is 4.81. The third-order valence-electron chi connectivity index (χ3n) is 2.03. The summed E-state index contributed by atoms with van der Waals surface area (Å²) in [6.07, 6.45) is 0. The third kappa shape index (κ3) is 3.52. The van der Waals surface area contributed by atoms with Gasteiger partial charge < -0.3 is 11.1 Å². The average molecular weight is 303 g/mol. The van der Waals surface area contributed by atoms with Crippen LogP contribution in [-0.2, 0) is 4.79 Å². The third-order valence-corrected chi connectivity index (χ3v) is 2.39. The molecule has 1 aromatic carbocycles. The summed E-state index contributed by atoms with van der Waals surface area (Å²) in [6, 6.07) is 3.64. The maximum atomic E-state index is 13.2. The van der Waals surface area contributed by atoms with Gasteiger partial charge in [0.2, 0.25) is 5.91 Å². The van der Waals surface area contributed by atoms with Crippen molar-refractivity contribution in [1.29, 1.82) is 0 Å². The van der Waals surface area contributed by atoms with E-state index in [1.54, 1.807) is 13.8 Å². The van der Waals surface area contributed by atoms with Gasteiger partial charge in [0.25, 0.3) is 5.91 Å². The number of benzene rings is 1. The van der Waals surface area contributed by atoms with Crippen molar-refractivity contribution >= 4 is 33.4 Å². The Morgan fingerprint density at radius 1 is 1.41 bits per heavy atom. The van der Waals surface area contributed by atoms with Gasteiger partial charge in [-0.2, -0.15) is 0 Å². The van der Waals surface area contributed by atoms with E-state index in [-0.39, 0.29) is 11.5 Å². The van der Waals surface area contributed by atoms with E-state index < -0.39 is 16.0 Å². The van der Waals surface area contributed by atoms with Crippen molar-refractivity contribution in [2.24, 2.45) is 5.73 Å². The molecule has 0 radical (unpaired) electrons. The van der Waals surface area contributed by atoms with E-state index in [1.807, 2.05) is 0 Å². The van der Waals surface area contributed by atoms with E-state index >= 15 is 0 Å². The van der Waals surface area contributed by atoms with Gasteiger partial charge in [0.15, 0.2) is 0 Å². The predicted octanol–water partition coefficient (Wildman–Crippen LogP) is 2.04. The van der Waals surface area contributed by atoms with Crippen LogP contribution in [0.4, 0.5) is 10.1 Å². The largest absolute Gasteiger partial charge is 0.366 e. The monoisotopic (exact) mass is 302 g/mol. The standard InChI is InChI=1S/C11H12BrFN2O2/c1-11(2,12)10(17)15-6-3-4-8(13)7(5-6)9(14)16/h3-5H,1-2H3,(H2,14,16)(H,15,17). The van der Waals surface area contributed by atoms with Gasteiger partial charge in [-0.25, -0.2) is 4.39 Å². The highest BCUT2D eigenvalue weighted by atomic mass is 79.9.